The van der Waals surface area contributed by atoms with E-state index < -0.39 is 9.84 Å². The van der Waals surface area contributed by atoms with Crippen LogP contribution >= 0.6 is 12.2 Å². The predicted octanol–water partition coefficient (Wildman–Crippen LogP) is 1.11. The normalized spacial score (nSPS) is 25.0. The zero-order valence-corrected chi connectivity index (χ0v) is 11.4. The SMILES string of the molecule is CC[C@H](C)OC(=S)NC[C@@H]1CCS(=O)(=O)C1. The molecule has 1 aliphatic heterocycles. The topological polar surface area (TPSA) is 55.4 Å². The Balaban J connectivity index is 2.23. The predicted molar refractivity (Wildman–Crippen MR) is 68.2 cm³/mol. The lowest BCUT2D eigenvalue weighted by Gasteiger charge is -2.16. The van der Waals surface area contributed by atoms with Crippen molar-refractivity contribution in [2.75, 3.05) is 18.1 Å². The number of hydrogen-bond acceptors (Lipinski definition) is 4. The van der Waals surface area contributed by atoms with Crippen molar-refractivity contribution >= 4 is 27.2 Å². The minimum atomic E-state index is -2.80. The Labute approximate surface area is 103 Å². The molecule has 94 valence electrons. The van der Waals surface area contributed by atoms with Gasteiger partial charge in [-0.2, -0.15) is 0 Å². The molecule has 1 fully saturated rings. The molecule has 0 amide bonds. The zero-order chi connectivity index (χ0) is 12.2. The summed E-state index contributed by atoms with van der Waals surface area (Å²) in [4.78, 5) is 0. The number of thiocarbonyl (C=S) groups is 1. The highest BCUT2D eigenvalue weighted by molar-refractivity contribution is 7.91. The molecule has 0 saturated carbocycles. The van der Waals surface area contributed by atoms with Gasteiger partial charge in [-0.25, -0.2) is 8.42 Å². The van der Waals surface area contributed by atoms with Crippen LogP contribution in [-0.2, 0) is 14.6 Å². The van der Waals surface area contributed by atoms with E-state index in [1.165, 1.54) is 0 Å². The monoisotopic (exact) mass is 265 g/mol. The highest BCUT2D eigenvalue weighted by Crippen LogP contribution is 2.17. The minimum absolute atomic E-state index is 0.104. The average Bonchev–Trinajstić information content (AvgIpc) is 2.55. The van der Waals surface area contributed by atoms with Gasteiger partial charge < -0.3 is 10.1 Å². The number of sulfone groups is 1. The van der Waals surface area contributed by atoms with Crippen LogP contribution in [0.3, 0.4) is 0 Å². The fourth-order valence-corrected chi connectivity index (χ4v) is 3.68. The van der Waals surface area contributed by atoms with Crippen LogP contribution < -0.4 is 5.32 Å². The Morgan fingerprint density at radius 3 is 2.81 bits per heavy atom. The standard InChI is InChI=1S/C10H19NO3S2/c1-3-8(2)14-10(15)11-6-9-4-5-16(12,13)7-9/h8-9H,3-7H2,1-2H3,(H,11,15)/t8-,9-/m0/s1. The van der Waals surface area contributed by atoms with E-state index in [4.69, 9.17) is 17.0 Å². The molecule has 0 aliphatic carbocycles. The average molecular weight is 265 g/mol. The molecule has 0 bridgehead atoms. The molecule has 16 heavy (non-hydrogen) atoms. The summed E-state index contributed by atoms with van der Waals surface area (Å²) in [6.07, 6.45) is 1.73. The van der Waals surface area contributed by atoms with Gasteiger partial charge in [0.1, 0.15) is 0 Å². The van der Waals surface area contributed by atoms with E-state index in [2.05, 4.69) is 5.32 Å². The van der Waals surface area contributed by atoms with Crippen molar-refractivity contribution in [3.05, 3.63) is 0 Å². The summed E-state index contributed by atoms with van der Waals surface area (Å²) in [5.74, 6) is 0.744. The van der Waals surface area contributed by atoms with E-state index in [1.807, 2.05) is 13.8 Å². The van der Waals surface area contributed by atoms with E-state index in [1.54, 1.807) is 0 Å². The van der Waals surface area contributed by atoms with Crippen LogP contribution in [0.1, 0.15) is 26.7 Å². The lowest BCUT2D eigenvalue weighted by Crippen LogP contribution is -2.32. The van der Waals surface area contributed by atoms with Crippen LogP contribution in [-0.4, -0.2) is 37.7 Å². The Morgan fingerprint density at radius 1 is 1.62 bits per heavy atom. The van der Waals surface area contributed by atoms with E-state index in [0.717, 1.165) is 12.8 Å². The molecule has 0 aromatic heterocycles. The molecule has 0 aromatic carbocycles. The first-order valence-electron chi connectivity index (χ1n) is 5.58. The van der Waals surface area contributed by atoms with Crippen molar-refractivity contribution in [1.82, 2.24) is 5.32 Å². The summed E-state index contributed by atoms with van der Waals surface area (Å²) in [6.45, 7) is 4.57. The van der Waals surface area contributed by atoms with E-state index >= 15 is 0 Å². The third-order valence-corrected chi connectivity index (χ3v) is 4.82. The lowest BCUT2D eigenvalue weighted by atomic mass is 10.1. The van der Waals surface area contributed by atoms with Gasteiger partial charge in [0.2, 0.25) is 0 Å². The van der Waals surface area contributed by atoms with E-state index in [0.29, 0.717) is 17.5 Å². The molecule has 0 radical (unpaired) electrons. The van der Waals surface area contributed by atoms with Crippen molar-refractivity contribution < 1.29 is 13.2 Å². The summed E-state index contributed by atoms with van der Waals surface area (Å²) in [6, 6.07) is 0. The number of rotatable bonds is 4. The number of hydrogen-bond donors (Lipinski definition) is 1. The van der Waals surface area contributed by atoms with Gasteiger partial charge in [-0.1, -0.05) is 6.92 Å². The summed E-state index contributed by atoms with van der Waals surface area (Å²) in [5.41, 5.74) is 0. The molecule has 1 saturated heterocycles. The lowest BCUT2D eigenvalue weighted by molar-refractivity contribution is 0.199. The Morgan fingerprint density at radius 2 is 2.31 bits per heavy atom. The zero-order valence-electron chi connectivity index (χ0n) is 9.73. The first-order valence-corrected chi connectivity index (χ1v) is 7.81. The van der Waals surface area contributed by atoms with Gasteiger partial charge in [-0.3, -0.25) is 0 Å². The maximum Gasteiger partial charge on any atom is 0.256 e. The second kappa shape index (κ2) is 5.82. The maximum atomic E-state index is 11.2. The van der Waals surface area contributed by atoms with Gasteiger partial charge in [0.15, 0.2) is 9.84 Å². The summed E-state index contributed by atoms with van der Waals surface area (Å²) in [5, 5.41) is 3.35. The van der Waals surface area contributed by atoms with E-state index in [-0.39, 0.29) is 17.8 Å². The molecule has 1 aliphatic rings. The van der Waals surface area contributed by atoms with Gasteiger partial charge in [-0.15, -0.1) is 0 Å². The molecule has 2 atom stereocenters. The van der Waals surface area contributed by atoms with Gasteiger partial charge in [-0.05, 0) is 37.9 Å². The summed E-state index contributed by atoms with van der Waals surface area (Å²) in [7, 11) is -2.80. The van der Waals surface area contributed by atoms with E-state index in [9.17, 15) is 8.42 Å². The van der Waals surface area contributed by atoms with Crippen molar-refractivity contribution in [3.8, 4) is 0 Å². The molecule has 1 heterocycles. The third-order valence-electron chi connectivity index (χ3n) is 2.74. The molecule has 0 unspecified atom stereocenters. The first kappa shape index (κ1) is 13.7. The van der Waals surface area contributed by atoms with Crippen molar-refractivity contribution in [2.45, 2.75) is 32.8 Å². The largest absolute Gasteiger partial charge is 0.468 e. The minimum Gasteiger partial charge on any atom is -0.468 e. The molecule has 1 N–H and O–H groups in total. The molecule has 0 spiro atoms. The van der Waals surface area contributed by atoms with Crippen LogP contribution in [0.25, 0.3) is 0 Å². The quantitative estimate of drug-likeness (QED) is 0.772. The molecule has 4 nitrogen and oxygen atoms in total. The van der Waals surface area contributed by atoms with Gasteiger partial charge in [0, 0.05) is 6.54 Å². The van der Waals surface area contributed by atoms with Crippen LogP contribution in [0.4, 0.5) is 0 Å². The van der Waals surface area contributed by atoms with Gasteiger partial charge in [0.05, 0.1) is 17.6 Å². The second-order valence-corrected chi connectivity index (χ2v) is 6.87. The smallest absolute Gasteiger partial charge is 0.256 e. The molecule has 6 heteroatoms. The van der Waals surface area contributed by atoms with Crippen LogP contribution in [0.15, 0.2) is 0 Å². The number of nitrogens with one attached hydrogen (secondary N) is 1. The van der Waals surface area contributed by atoms with Crippen molar-refractivity contribution in [1.29, 1.82) is 0 Å². The third kappa shape index (κ3) is 4.65. The number of ether oxygens (including phenoxy) is 1. The highest BCUT2D eigenvalue weighted by atomic mass is 32.2. The highest BCUT2D eigenvalue weighted by Gasteiger charge is 2.27. The molecular formula is C10H19NO3S2. The second-order valence-electron chi connectivity index (χ2n) is 4.27. The van der Waals surface area contributed by atoms with Crippen LogP contribution in [0.5, 0.6) is 0 Å². The summed E-state index contributed by atoms with van der Waals surface area (Å²) >= 11 is 5.01. The van der Waals surface area contributed by atoms with Crippen LogP contribution in [0.2, 0.25) is 0 Å². The Kier molecular flexibility index (Phi) is 4.98. The van der Waals surface area contributed by atoms with Gasteiger partial charge in [0.25, 0.3) is 5.17 Å². The maximum absolute atomic E-state index is 11.2. The molecule has 0 aromatic rings. The molecular weight excluding hydrogens is 246 g/mol. The van der Waals surface area contributed by atoms with Crippen molar-refractivity contribution in [3.63, 3.8) is 0 Å². The fourth-order valence-electron chi connectivity index (χ4n) is 1.57. The first-order chi connectivity index (χ1) is 7.43. The Hall–Kier alpha value is -0.360. The van der Waals surface area contributed by atoms with Crippen LogP contribution in [0, 0.1) is 5.92 Å². The fraction of sp³-hybridized carbons (Fsp3) is 0.900. The summed E-state index contributed by atoms with van der Waals surface area (Å²) < 4.78 is 27.8. The van der Waals surface area contributed by atoms with Crippen molar-refractivity contribution in [2.24, 2.45) is 5.92 Å². The van der Waals surface area contributed by atoms with Gasteiger partial charge >= 0.3 is 0 Å². The molecule has 1 rings (SSSR count). The Bertz CT molecular complexity index is 340.